The van der Waals surface area contributed by atoms with Crippen LogP contribution < -0.4 is 5.32 Å². The lowest BCUT2D eigenvalue weighted by Crippen LogP contribution is -2.31. The molecule has 1 atom stereocenters. The van der Waals surface area contributed by atoms with Crippen LogP contribution in [0.2, 0.25) is 5.02 Å². The van der Waals surface area contributed by atoms with Gasteiger partial charge in [-0.25, -0.2) is 0 Å². The Balaban J connectivity index is 1.91. The summed E-state index contributed by atoms with van der Waals surface area (Å²) in [5, 5.41) is 12.9. The lowest BCUT2D eigenvalue weighted by molar-refractivity contribution is -0.121. The molecule has 24 heavy (non-hydrogen) atoms. The summed E-state index contributed by atoms with van der Waals surface area (Å²) in [5.74, 6) is 1.74. The van der Waals surface area contributed by atoms with Gasteiger partial charge in [0.15, 0.2) is 5.16 Å². The number of amides is 1. The van der Waals surface area contributed by atoms with Crippen LogP contribution in [0.4, 0.5) is 0 Å². The monoisotopic (exact) mass is 366 g/mol. The van der Waals surface area contributed by atoms with Crippen molar-refractivity contribution in [2.24, 2.45) is 0 Å². The van der Waals surface area contributed by atoms with Gasteiger partial charge >= 0.3 is 0 Å². The van der Waals surface area contributed by atoms with E-state index in [2.05, 4.69) is 22.4 Å². The van der Waals surface area contributed by atoms with E-state index in [4.69, 9.17) is 11.6 Å². The molecule has 1 amide bonds. The van der Waals surface area contributed by atoms with Crippen molar-refractivity contribution in [3.8, 4) is 5.69 Å². The fourth-order valence-corrected chi connectivity index (χ4v) is 3.32. The second-order valence-electron chi connectivity index (χ2n) is 5.67. The number of thioether (sulfide) groups is 1. The molecule has 1 aromatic carbocycles. The van der Waals surface area contributed by atoms with Crippen LogP contribution >= 0.6 is 23.4 Å². The molecular weight excluding hydrogens is 344 g/mol. The van der Waals surface area contributed by atoms with Gasteiger partial charge in [-0.1, -0.05) is 36.4 Å². The predicted molar refractivity (Wildman–Crippen MR) is 99.0 cm³/mol. The Morgan fingerprint density at radius 1 is 1.42 bits per heavy atom. The molecule has 2 rings (SSSR count). The summed E-state index contributed by atoms with van der Waals surface area (Å²) < 4.78 is 1.98. The highest BCUT2D eigenvalue weighted by Crippen LogP contribution is 2.24. The maximum atomic E-state index is 11.8. The number of nitrogens with zero attached hydrogens (tertiary/aromatic N) is 3. The second kappa shape index (κ2) is 9.08. The third-order valence-corrected chi connectivity index (χ3v) is 4.91. The van der Waals surface area contributed by atoms with Crippen molar-refractivity contribution in [3.63, 3.8) is 0 Å². The molecule has 0 saturated heterocycles. The first kappa shape index (κ1) is 18.8. The first-order valence-electron chi connectivity index (χ1n) is 8.11. The second-order valence-corrected chi connectivity index (χ2v) is 7.17. The molecule has 1 aromatic heterocycles. The Labute approximate surface area is 152 Å². The molecule has 0 bridgehead atoms. The number of hydrogen-bond donors (Lipinski definition) is 1. The largest absolute Gasteiger partial charge is 0.354 e. The standard InChI is InChI=1S/C17H23ClN4OS/c1-4-12(2)19-16(23)9-6-10-24-17-21-20-13(3)22(17)15-8-5-7-14(18)11-15/h5,7-8,11-12H,4,6,9-10H2,1-3H3,(H,19,23). The number of aromatic nitrogens is 3. The zero-order valence-corrected chi connectivity index (χ0v) is 15.8. The minimum Gasteiger partial charge on any atom is -0.354 e. The molecule has 1 N–H and O–H groups in total. The number of aryl methyl sites for hydroxylation is 1. The summed E-state index contributed by atoms with van der Waals surface area (Å²) in [6.07, 6.45) is 2.28. The summed E-state index contributed by atoms with van der Waals surface area (Å²) in [4.78, 5) is 11.8. The number of halogens is 1. The van der Waals surface area contributed by atoms with Crippen LogP contribution in [0.25, 0.3) is 5.69 Å². The number of benzene rings is 1. The summed E-state index contributed by atoms with van der Waals surface area (Å²) in [6.45, 7) is 5.99. The Morgan fingerprint density at radius 3 is 2.92 bits per heavy atom. The van der Waals surface area contributed by atoms with Crippen LogP contribution in [-0.4, -0.2) is 32.5 Å². The Hall–Kier alpha value is -1.53. The molecule has 0 radical (unpaired) electrons. The molecule has 5 nitrogen and oxygen atoms in total. The van der Waals surface area contributed by atoms with Crippen molar-refractivity contribution < 1.29 is 4.79 Å². The van der Waals surface area contributed by atoms with Crippen LogP contribution in [0, 0.1) is 6.92 Å². The van der Waals surface area contributed by atoms with E-state index in [0.717, 1.165) is 35.3 Å². The van der Waals surface area contributed by atoms with Crippen molar-refractivity contribution >= 4 is 29.3 Å². The third-order valence-electron chi connectivity index (χ3n) is 3.66. The SMILES string of the molecule is CCC(C)NC(=O)CCCSc1nnc(C)n1-c1cccc(Cl)c1. The van der Waals surface area contributed by atoms with E-state index in [1.165, 1.54) is 0 Å². The molecule has 0 aliphatic rings. The molecule has 0 spiro atoms. The number of carbonyl (C=O) groups is 1. The van der Waals surface area contributed by atoms with Gasteiger partial charge < -0.3 is 5.32 Å². The molecule has 0 saturated carbocycles. The lowest BCUT2D eigenvalue weighted by Gasteiger charge is -2.11. The van der Waals surface area contributed by atoms with Gasteiger partial charge in [-0.3, -0.25) is 9.36 Å². The third kappa shape index (κ3) is 5.24. The molecule has 1 heterocycles. The summed E-state index contributed by atoms with van der Waals surface area (Å²) in [7, 11) is 0. The summed E-state index contributed by atoms with van der Waals surface area (Å²) >= 11 is 7.68. The molecule has 7 heteroatoms. The topological polar surface area (TPSA) is 59.8 Å². The highest BCUT2D eigenvalue weighted by molar-refractivity contribution is 7.99. The molecule has 130 valence electrons. The molecule has 0 aliphatic heterocycles. The zero-order valence-electron chi connectivity index (χ0n) is 14.3. The normalized spacial score (nSPS) is 12.2. The molecule has 2 aromatic rings. The highest BCUT2D eigenvalue weighted by atomic mass is 35.5. The Morgan fingerprint density at radius 2 is 2.21 bits per heavy atom. The van der Waals surface area contributed by atoms with E-state index in [0.29, 0.717) is 11.4 Å². The molecule has 1 unspecified atom stereocenters. The quantitative estimate of drug-likeness (QED) is 0.566. The Kier molecular flexibility index (Phi) is 7.12. The van der Waals surface area contributed by atoms with E-state index in [1.54, 1.807) is 11.8 Å². The smallest absolute Gasteiger partial charge is 0.220 e. The fraction of sp³-hybridized carbons (Fsp3) is 0.471. The molecule has 0 fully saturated rings. The number of carbonyl (C=O) groups excluding carboxylic acids is 1. The number of nitrogens with one attached hydrogen (secondary N) is 1. The van der Waals surface area contributed by atoms with Crippen LogP contribution in [0.1, 0.15) is 38.9 Å². The van der Waals surface area contributed by atoms with Crippen molar-refractivity contribution in [2.75, 3.05) is 5.75 Å². The summed E-state index contributed by atoms with van der Waals surface area (Å²) in [6, 6.07) is 7.85. The highest BCUT2D eigenvalue weighted by Gasteiger charge is 2.12. The van der Waals surface area contributed by atoms with Crippen molar-refractivity contribution in [2.45, 2.75) is 51.2 Å². The van der Waals surface area contributed by atoms with Gasteiger partial charge in [0.2, 0.25) is 5.91 Å². The summed E-state index contributed by atoms with van der Waals surface area (Å²) in [5.41, 5.74) is 0.946. The van der Waals surface area contributed by atoms with Crippen LogP contribution in [0.5, 0.6) is 0 Å². The van der Waals surface area contributed by atoms with E-state index >= 15 is 0 Å². The first-order valence-corrected chi connectivity index (χ1v) is 9.47. The molecule has 0 aliphatic carbocycles. The van der Waals surface area contributed by atoms with Gasteiger partial charge in [-0.2, -0.15) is 0 Å². The van der Waals surface area contributed by atoms with E-state index in [-0.39, 0.29) is 11.9 Å². The van der Waals surface area contributed by atoms with Crippen molar-refractivity contribution in [1.29, 1.82) is 0 Å². The van der Waals surface area contributed by atoms with E-state index in [1.807, 2.05) is 42.7 Å². The van der Waals surface area contributed by atoms with Gasteiger partial charge in [0.05, 0.1) is 5.69 Å². The minimum absolute atomic E-state index is 0.109. The molecular formula is C17H23ClN4OS. The van der Waals surface area contributed by atoms with Gasteiger partial charge in [0, 0.05) is 23.2 Å². The first-order chi connectivity index (χ1) is 11.5. The van der Waals surface area contributed by atoms with Crippen LogP contribution in [0.3, 0.4) is 0 Å². The van der Waals surface area contributed by atoms with E-state index in [9.17, 15) is 4.79 Å². The van der Waals surface area contributed by atoms with Gasteiger partial charge in [-0.15, -0.1) is 10.2 Å². The van der Waals surface area contributed by atoms with Gasteiger partial charge in [0.1, 0.15) is 5.82 Å². The minimum atomic E-state index is 0.109. The van der Waals surface area contributed by atoms with Crippen molar-refractivity contribution in [3.05, 3.63) is 35.1 Å². The Bertz CT molecular complexity index is 689. The number of hydrogen-bond acceptors (Lipinski definition) is 4. The zero-order chi connectivity index (χ0) is 17.5. The van der Waals surface area contributed by atoms with Gasteiger partial charge in [0.25, 0.3) is 0 Å². The number of rotatable bonds is 8. The lowest BCUT2D eigenvalue weighted by atomic mass is 10.2. The van der Waals surface area contributed by atoms with Crippen LogP contribution in [0.15, 0.2) is 29.4 Å². The maximum absolute atomic E-state index is 11.8. The van der Waals surface area contributed by atoms with Gasteiger partial charge in [-0.05, 0) is 44.9 Å². The van der Waals surface area contributed by atoms with E-state index < -0.39 is 0 Å². The fourth-order valence-electron chi connectivity index (χ4n) is 2.19. The average Bonchev–Trinajstić information content (AvgIpc) is 2.92. The van der Waals surface area contributed by atoms with Crippen LogP contribution in [-0.2, 0) is 4.79 Å². The van der Waals surface area contributed by atoms with Crippen molar-refractivity contribution in [1.82, 2.24) is 20.1 Å². The average molecular weight is 367 g/mol. The maximum Gasteiger partial charge on any atom is 0.220 e. The predicted octanol–water partition coefficient (Wildman–Crippen LogP) is 4.02.